The van der Waals surface area contributed by atoms with Crippen molar-refractivity contribution in [1.29, 1.82) is 0 Å². The summed E-state index contributed by atoms with van der Waals surface area (Å²) in [5.41, 5.74) is 18.5. The van der Waals surface area contributed by atoms with Crippen LogP contribution in [-0.2, 0) is 23.7 Å². The highest BCUT2D eigenvalue weighted by atomic mass is 32.1. The summed E-state index contributed by atoms with van der Waals surface area (Å²) in [4.78, 5) is 9.22. The number of anilines is 3. The van der Waals surface area contributed by atoms with E-state index in [1.54, 1.807) is 11.3 Å². The predicted molar refractivity (Wildman–Crippen MR) is 293 cm³/mol. The maximum atomic E-state index is 6.22. The number of nitrogens with zero attached hydrogens (tertiary/aromatic N) is 1. The molecule has 6 heteroatoms. The second-order valence-electron chi connectivity index (χ2n) is 20.2. The molecule has 4 heterocycles. The van der Waals surface area contributed by atoms with E-state index in [4.69, 9.17) is 9.47 Å². The highest BCUT2D eigenvalue weighted by Gasteiger charge is 2.38. The quantitative estimate of drug-likeness (QED) is 0.0901. The van der Waals surface area contributed by atoms with Crippen molar-refractivity contribution in [3.63, 3.8) is 0 Å². The van der Waals surface area contributed by atoms with E-state index in [1.807, 2.05) is 22.7 Å². The maximum absolute atomic E-state index is 6.22. The van der Waals surface area contributed by atoms with Crippen LogP contribution in [0.3, 0.4) is 0 Å². The van der Waals surface area contributed by atoms with Crippen LogP contribution in [-0.4, -0.2) is 13.2 Å². The zero-order valence-corrected chi connectivity index (χ0v) is 43.0. The predicted octanol–water partition coefficient (Wildman–Crippen LogP) is 19.0. The van der Waals surface area contributed by atoms with Gasteiger partial charge >= 0.3 is 0 Å². The monoisotopic (exact) mass is 949 g/mol. The number of hydrogen-bond donors (Lipinski definition) is 0. The molecule has 0 radical (unpaired) electrons. The number of hydrogen-bond acceptors (Lipinski definition) is 6. The van der Waals surface area contributed by atoms with Crippen molar-refractivity contribution in [1.82, 2.24) is 0 Å². The number of ether oxygens (including phenoxy) is 2. The largest absolute Gasteiger partial charge is 0.485 e. The van der Waals surface area contributed by atoms with Crippen molar-refractivity contribution < 1.29 is 9.47 Å². The average molecular weight is 950 g/mol. The van der Waals surface area contributed by atoms with Gasteiger partial charge in [0.2, 0.25) is 0 Å². The van der Waals surface area contributed by atoms with Crippen LogP contribution in [0.2, 0.25) is 0 Å². The Bertz CT molecular complexity index is 3020. The molecule has 346 valence electrons. The zero-order chi connectivity index (χ0) is 46.6. The molecule has 0 saturated heterocycles. The van der Waals surface area contributed by atoms with Crippen LogP contribution in [0.25, 0.3) is 52.2 Å². The van der Waals surface area contributed by atoms with Crippen molar-refractivity contribution in [2.24, 2.45) is 0 Å². The van der Waals surface area contributed by atoms with Crippen LogP contribution < -0.4 is 14.4 Å². The van der Waals surface area contributed by atoms with E-state index in [-0.39, 0.29) is 10.8 Å². The minimum atomic E-state index is -0.104. The standard InChI is InChI=1S/C62H63NO2S3/c1-7-9-11-13-19-41-35-55(59-42(20-14-12-10-8-2)36-56(68-59)60-57-54(39-66-60)64-33-34-65-57)67-58(41)40-25-27-43(28-26-40)63(44-29-31-48-46-21-15-17-23-50(46)61(3,4)52(48)37-44)45-30-32-49-47-22-16-18-24-51(47)62(5,6)53(49)38-45/h15-18,21-32,35-39H,7-14,19-20,33-34H2,1-6H3. The lowest BCUT2D eigenvalue weighted by atomic mass is 9.82. The van der Waals surface area contributed by atoms with Gasteiger partial charge in [-0.05, 0) is 135 Å². The summed E-state index contributed by atoms with van der Waals surface area (Å²) < 4.78 is 12.2. The molecule has 0 unspecified atom stereocenters. The fourth-order valence-electron chi connectivity index (χ4n) is 11.3. The van der Waals surface area contributed by atoms with Gasteiger partial charge in [-0.1, -0.05) is 153 Å². The summed E-state index contributed by atoms with van der Waals surface area (Å²) in [5, 5.41) is 2.13. The first kappa shape index (κ1) is 45.1. The molecule has 68 heavy (non-hydrogen) atoms. The van der Waals surface area contributed by atoms with Gasteiger partial charge in [-0.2, -0.15) is 0 Å². The normalized spacial score (nSPS) is 14.7. The van der Waals surface area contributed by atoms with Gasteiger partial charge in [0.15, 0.2) is 11.5 Å². The Kier molecular flexibility index (Phi) is 12.3. The molecule has 0 atom stereocenters. The summed E-state index contributed by atoms with van der Waals surface area (Å²) in [7, 11) is 0. The summed E-state index contributed by atoms with van der Waals surface area (Å²) in [6.07, 6.45) is 12.2. The summed E-state index contributed by atoms with van der Waals surface area (Å²) in [6.45, 7) is 15.4. The Morgan fingerprint density at radius 3 is 1.57 bits per heavy atom. The Morgan fingerprint density at radius 1 is 0.485 bits per heavy atom. The molecule has 1 aliphatic heterocycles. The van der Waals surface area contributed by atoms with Crippen LogP contribution in [0.15, 0.2) is 127 Å². The average Bonchev–Trinajstić information content (AvgIpc) is 4.18. The van der Waals surface area contributed by atoms with Crippen LogP contribution >= 0.6 is 34.0 Å². The van der Waals surface area contributed by atoms with Gasteiger partial charge in [0.25, 0.3) is 0 Å². The highest BCUT2D eigenvalue weighted by molar-refractivity contribution is 7.27. The van der Waals surface area contributed by atoms with Gasteiger partial charge in [0.1, 0.15) is 13.2 Å². The fourth-order valence-corrected chi connectivity index (χ4v) is 14.9. The van der Waals surface area contributed by atoms with Crippen molar-refractivity contribution in [2.45, 2.75) is 117 Å². The van der Waals surface area contributed by atoms with E-state index in [0.29, 0.717) is 13.2 Å². The third-order valence-electron chi connectivity index (χ3n) is 15.0. The minimum absolute atomic E-state index is 0.104. The molecule has 2 aliphatic carbocycles. The Morgan fingerprint density at radius 2 is 0.985 bits per heavy atom. The fraction of sp³-hybridized carbons (Fsp3) is 0.323. The Hall–Kier alpha value is -5.40. The molecule has 0 saturated carbocycles. The number of thiophene rings is 3. The van der Waals surface area contributed by atoms with E-state index in [2.05, 4.69) is 173 Å². The van der Waals surface area contributed by atoms with E-state index in [9.17, 15) is 0 Å². The summed E-state index contributed by atoms with van der Waals surface area (Å²) in [5.74, 6) is 1.81. The van der Waals surface area contributed by atoms with Crippen LogP contribution in [0, 0.1) is 0 Å². The topological polar surface area (TPSA) is 21.7 Å². The number of unbranched alkanes of at least 4 members (excludes halogenated alkanes) is 6. The Balaban J connectivity index is 0.999. The van der Waals surface area contributed by atoms with Gasteiger partial charge in [-0.3, -0.25) is 0 Å². The van der Waals surface area contributed by atoms with Crippen molar-refractivity contribution in [2.75, 3.05) is 18.1 Å². The molecule has 0 amide bonds. The molecule has 8 aromatic rings. The molecular formula is C62H63NO2S3. The number of benzene rings is 5. The molecule has 3 aliphatic rings. The van der Waals surface area contributed by atoms with Gasteiger partial charge in [-0.15, -0.1) is 34.0 Å². The zero-order valence-electron chi connectivity index (χ0n) is 40.6. The summed E-state index contributed by atoms with van der Waals surface area (Å²) in [6, 6.07) is 46.9. The van der Waals surface area contributed by atoms with E-state index in [1.165, 1.54) is 154 Å². The molecule has 5 aromatic carbocycles. The van der Waals surface area contributed by atoms with Crippen molar-refractivity contribution in [3.05, 3.63) is 160 Å². The van der Waals surface area contributed by atoms with Gasteiger partial charge in [-0.25, -0.2) is 0 Å². The van der Waals surface area contributed by atoms with Crippen molar-refractivity contribution >= 4 is 51.1 Å². The third-order valence-corrected chi connectivity index (χ3v) is 18.7. The van der Waals surface area contributed by atoms with Crippen molar-refractivity contribution in [3.8, 4) is 63.7 Å². The molecule has 0 fully saturated rings. The smallest absolute Gasteiger partial charge is 0.180 e. The molecule has 0 bridgehead atoms. The van der Waals surface area contributed by atoms with Gasteiger partial charge < -0.3 is 14.4 Å². The first-order valence-corrected chi connectivity index (χ1v) is 27.7. The highest BCUT2D eigenvalue weighted by Crippen LogP contribution is 2.55. The number of aryl methyl sites for hydroxylation is 2. The van der Waals surface area contributed by atoms with E-state index < -0.39 is 0 Å². The molecule has 3 nitrogen and oxygen atoms in total. The van der Waals surface area contributed by atoms with Gasteiger partial charge in [0, 0.05) is 52.8 Å². The molecular weight excluding hydrogens is 887 g/mol. The lowest BCUT2D eigenvalue weighted by Crippen LogP contribution is -2.18. The second-order valence-corrected chi connectivity index (χ2v) is 23.2. The van der Waals surface area contributed by atoms with E-state index in [0.717, 1.165) is 24.3 Å². The SMILES string of the molecule is CCCCCCc1cc(-c2sc(-c3scc4c3OCCO4)cc2CCCCCC)sc1-c1ccc(N(c2ccc3c(c2)C(C)(C)c2ccccc2-3)c2ccc3c(c2)C(C)(C)c2ccccc2-3)cc1. The lowest BCUT2D eigenvalue weighted by molar-refractivity contribution is 0.174. The van der Waals surface area contributed by atoms with Crippen LogP contribution in [0.1, 0.15) is 126 Å². The molecule has 0 N–H and O–H groups in total. The third kappa shape index (κ3) is 7.95. The first-order chi connectivity index (χ1) is 33.1. The van der Waals surface area contributed by atoms with E-state index >= 15 is 0 Å². The number of fused-ring (bicyclic) bond motifs is 7. The minimum Gasteiger partial charge on any atom is -0.485 e. The maximum Gasteiger partial charge on any atom is 0.180 e. The molecule has 11 rings (SSSR count). The van der Waals surface area contributed by atoms with Crippen LogP contribution in [0.4, 0.5) is 17.1 Å². The van der Waals surface area contributed by atoms with Crippen LogP contribution in [0.5, 0.6) is 11.5 Å². The molecule has 3 aromatic heterocycles. The lowest BCUT2D eigenvalue weighted by Gasteiger charge is -2.30. The molecule has 0 spiro atoms. The number of rotatable bonds is 16. The second kappa shape index (κ2) is 18.5. The summed E-state index contributed by atoms with van der Waals surface area (Å²) >= 11 is 5.69. The first-order valence-electron chi connectivity index (χ1n) is 25.2. The van der Waals surface area contributed by atoms with Gasteiger partial charge in [0.05, 0.1) is 4.88 Å². The Labute approximate surface area is 416 Å².